The number of aromatic nitrogens is 1. The van der Waals surface area contributed by atoms with Crippen molar-refractivity contribution in [2.24, 2.45) is 10.3 Å². The molecule has 0 bridgehead atoms. The molecule has 0 aliphatic rings. The van der Waals surface area contributed by atoms with Crippen LogP contribution in [0.5, 0.6) is 11.5 Å². The summed E-state index contributed by atoms with van der Waals surface area (Å²) in [6, 6.07) is 18.9. The minimum atomic E-state index is -4.14. The Bertz CT molecular complexity index is 1620. The van der Waals surface area contributed by atoms with Gasteiger partial charge in [-0.3, -0.25) is 4.79 Å². The van der Waals surface area contributed by atoms with Crippen molar-refractivity contribution < 1.29 is 27.8 Å². The molecule has 0 saturated heterocycles. The molecule has 0 spiro atoms. The van der Waals surface area contributed by atoms with E-state index in [0.717, 1.165) is 22.2 Å². The number of sulfonamides is 1. The lowest BCUT2D eigenvalue weighted by Crippen LogP contribution is -2.25. The number of aromatic amines is 1. The van der Waals surface area contributed by atoms with E-state index in [-0.39, 0.29) is 16.2 Å². The van der Waals surface area contributed by atoms with Gasteiger partial charge in [0.05, 0.1) is 24.8 Å². The number of fused-ring (bicyclic) bond motifs is 1. The first-order chi connectivity index (χ1) is 18.1. The molecule has 0 aliphatic heterocycles. The first kappa shape index (κ1) is 26.7. The fourth-order valence-corrected chi connectivity index (χ4v) is 4.85. The summed E-state index contributed by atoms with van der Waals surface area (Å²) >= 11 is 0. The fraction of sp³-hybridized carbons (Fsp3) is 0.172. The van der Waals surface area contributed by atoms with Crippen LogP contribution in [-0.2, 0) is 10.0 Å². The Kier molecular flexibility index (Phi) is 7.68. The SMILES string of the molecule is COc1cc(OC)c(-c2cc3ccccc3[nH]2)cc1/C=C/C(=O)c1ccc(S(=O)(=O)/N=C(\[O-])C(C)C)cc1. The third-order valence-corrected chi connectivity index (χ3v) is 7.22. The van der Waals surface area contributed by atoms with Crippen LogP contribution < -0.4 is 14.6 Å². The van der Waals surface area contributed by atoms with Crippen molar-refractivity contribution in [3.05, 3.63) is 83.9 Å². The van der Waals surface area contributed by atoms with E-state index < -0.39 is 21.8 Å². The number of rotatable bonds is 9. The van der Waals surface area contributed by atoms with Gasteiger partial charge in [-0.15, -0.1) is 0 Å². The van der Waals surface area contributed by atoms with Gasteiger partial charge in [0.15, 0.2) is 5.78 Å². The van der Waals surface area contributed by atoms with Crippen molar-refractivity contribution in [2.75, 3.05) is 14.2 Å². The number of benzene rings is 3. The average molecular weight is 532 g/mol. The van der Waals surface area contributed by atoms with E-state index in [9.17, 15) is 18.3 Å². The van der Waals surface area contributed by atoms with E-state index >= 15 is 0 Å². The number of nitrogens with zero attached hydrogens (tertiary/aromatic N) is 1. The molecule has 9 heteroatoms. The molecule has 0 radical (unpaired) electrons. The average Bonchev–Trinajstić information content (AvgIpc) is 3.35. The van der Waals surface area contributed by atoms with Gasteiger partial charge in [-0.05, 0) is 66.4 Å². The molecular weight excluding hydrogens is 504 g/mol. The minimum Gasteiger partial charge on any atom is -0.861 e. The first-order valence-electron chi connectivity index (χ1n) is 11.8. The number of carbonyl (C=O) groups is 1. The molecule has 0 saturated carbocycles. The Labute approximate surface area is 221 Å². The van der Waals surface area contributed by atoms with Crippen LogP contribution in [0, 0.1) is 5.92 Å². The van der Waals surface area contributed by atoms with Crippen LogP contribution in [0.4, 0.5) is 0 Å². The number of carbonyl (C=O) groups excluding carboxylic acids is 1. The van der Waals surface area contributed by atoms with Gasteiger partial charge in [0.1, 0.15) is 11.5 Å². The Morgan fingerprint density at radius 3 is 2.29 bits per heavy atom. The lowest BCUT2D eigenvalue weighted by molar-refractivity contribution is -0.222. The highest BCUT2D eigenvalue weighted by atomic mass is 32.2. The molecule has 4 aromatic rings. The molecule has 3 aromatic carbocycles. The number of ketones is 1. The Balaban J connectivity index is 1.63. The molecule has 1 aromatic heterocycles. The van der Waals surface area contributed by atoms with Crippen LogP contribution in [0.1, 0.15) is 29.8 Å². The molecule has 0 unspecified atom stereocenters. The van der Waals surface area contributed by atoms with Gasteiger partial charge in [0.25, 0.3) is 10.0 Å². The van der Waals surface area contributed by atoms with Gasteiger partial charge in [-0.25, -0.2) is 0 Å². The van der Waals surface area contributed by atoms with Crippen LogP contribution in [0.3, 0.4) is 0 Å². The molecule has 8 nitrogen and oxygen atoms in total. The van der Waals surface area contributed by atoms with Gasteiger partial charge in [0.2, 0.25) is 0 Å². The van der Waals surface area contributed by atoms with E-state index in [1.54, 1.807) is 33.1 Å². The molecule has 0 aliphatic carbocycles. The first-order valence-corrected chi connectivity index (χ1v) is 13.3. The molecule has 0 atom stereocenters. The van der Waals surface area contributed by atoms with Crippen LogP contribution >= 0.6 is 0 Å². The number of hydrogen-bond donors (Lipinski definition) is 1. The second-order valence-electron chi connectivity index (χ2n) is 8.85. The minimum absolute atomic E-state index is 0.160. The second-order valence-corrected chi connectivity index (χ2v) is 10.5. The highest BCUT2D eigenvalue weighted by Crippen LogP contribution is 2.37. The van der Waals surface area contributed by atoms with Gasteiger partial charge in [-0.2, -0.15) is 12.8 Å². The molecule has 1 heterocycles. The van der Waals surface area contributed by atoms with E-state index in [1.165, 1.54) is 37.5 Å². The molecule has 38 heavy (non-hydrogen) atoms. The maximum Gasteiger partial charge on any atom is 0.281 e. The van der Waals surface area contributed by atoms with Gasteiger partial charge >= 0.3 is 0 Å². The molecule has 0 fully saturated rings. The largest absolute Gasteiger partial charge is 0.861 e. The quantitative estimate of drug-likeness (QED) is 0.143. The summed E-state index contributed by atoms with van der Waals surface area (Å²) in [6.07, 6.45) is 3.02. The van der Waals surface area contributed by atoms with E-state index in [1.807, 2.05) is 36.4 Å². The number of H-pyrrole nitrogens is 1. The summed E-state index contributed by atoms with van der Waals surface area (Å²) in [6.45, 7) is 3.13. The Morgan fingerprint density at radius 2 is 1.66 bits per heavy atom. The van der Waals surface area contributed by atoms with Crippen LogP contribution in [-0.4, -0.2) is 39.3 Å². The van der Waals surface area contributed by atoms with Crippen molar-refractivity contribution in [3.63, 3.8) is 0 Å². The summed E-state index contributed by atoms with van der Waals surface area (Å²) in [4.78, 5) is 16.1. The lowest BCUT2D eigenvalue weighted by Gasteiger charge is -2.13. The third-order valence-electron chi connectivity index (χ3n) is 5.93. The van der Waals surface area contributed by atoms with Gasteiger partial charge in [0, 0.05) is 33.7 Å². The maximum atomic E-state index is 12.9. The molecule has 4 rings (SSSR count). The zero-order chi connectivity index (χ0) is 27.4. The van der Waals surface area contributed by atoms with E-state index in [2.05, 4.69) is 9.38 Å². The van der Waals surface area contributed by atoms with Gasteiger partial charge in [-0.1, -0.05) is 32.0 Å². The van der Waals surface area contributed by atoms with Crippen molar-refractivity contribution in [1.29, 1.82) is 0 Å². The summed E-state index contributed by atoms with van der Waals surface area (Å²) in [7, 11) is -1.03. The smallest absolute Gasteiger partial charge is 0.281 e. The molecular formula is C29H27N2O6S-. The highest BCUT2D eigenvalue weighted by molar-refractivity contribution is 7.90. The number of methoxy groups -OCH3 is 2. The lowest BCUT2D eigenvalue weighted by atomic mass is 10.0. The number of para-hydroxylation sites is 1. The Morgan fingerprint density at radius 1 is 0.974 bits per heavy atom. The third kappa shape index (κ3) is 5.63. The summed E-state index contributed by atoms with van der Waals surface area (Å²) < 4.78 is 39.1. The number of hydrogen-bond acceptors (Lipinski definition) is 6. The van der Waals surface area contributed by atoms with Crippen molar-refractivity contribution in [2.45, 2.75) is 18.7 Å². The van der Waals surface area contributed by atoms with Crippen LogP contribution in [0.25, 0.3) is 28.2 Å². The van der Waals surface area contributed by atoms with Crippen molar-refractivity contribution >= 4 is 38.7 Å². The molecule has 0 amide bonds. The summed E-state index contributed by atoms with van der Waals surface area (Å²) in [5, 5.41) is 12.8. The monoisotopic (exact) mass is 531 g/mol. The van der Waals surface area contributed by atoms with Crippen molar-refractivity contribution in [1.82, 2.24) is 4.98 Å². The van der Waals surface area contributed by atoms with E-state index in [4.69, 9.17) is 9.47 Å². The number of nitrogens with one attached hydrogen (secondary N) is 1. The predicted molar refractivity (Wildman–Crippen MR) is 146 cm³/mol. The number of allylic oxidation sites excluding steroid dienone is 1. The van der Waals surface area contributed by atoms with E-state index in [0.29, 0.717) is 17.1 Å². The second kappa shape index (κ2) is 10.9. The normalized spacial score (nSPS) is 12.4. The number of ether oxygens (including phenoxy) is 2. The zero-order valence-electron chi connectivity index (χ0n) is 21.4. The van der Waals surface area contributed by atoms with Crippen molar-refractivity contribution in [3.8, 4) is 22.8 Å². The molecule has 1 N–H and O–H groups in total. The van der Waals surface area contributed by atoms with Gasteiger partial charge < -0.3 is 19.6 Å². The zero-order valence-corrected chi connectivity index (χ0v) is 22.2. The predicted octanol–water partition coefficient (Wildman–Crippen LogP) is 4.85. The summed E-state index contributed by atoms with van der Waals surface area (Å²) in [5.74, 6) is -0.483. The fourth-order valence-electron chi connectivity index (χ4n) is 3.81. The summed E-state index contributed by atoms with van der Waals surface area (Å²) in [5.41, 5.74) is 3.56. The topological polar surface area (TPSA) is 121 Å². The van der Waals surface area contributed by atoms with Crippen LogP contribution in [0.15, 0.2) is 82.1 Å². The maximum absolute atomic E-state index is 12.9. The Hall–Kier alpha value is -4.37. The standard InChI is InChI=1S/C29H28N2O6S/c1-18(2)29(33)31-38(34,35)22-12-9-19(10-13-22)26(32)14-11-21-15-23(28(37-4)17-27(21)36-3)25-16-20-7-5-6-8-24(20)30-25/h5-18,30H,1-4H3,(H,31,33)/p-1/b14-11+. The highest BCUT2D eigenvalue weighted by Gasteiger charge is 2.16. The molecule has 196 valence electrons. The van der Waals surface area contributed by atoms with Crippen LogP contribution in [0.2, 0.25) is 0 Å².